The molecule has 2 saturated carbocycles. The van der Waals surface area contributed by atoms with Gasteiger partial charge in [-0.05, 0) is 44.1 Å². The summed E-state index contributed by atoms with van der Waals surface area (Å²) in [5.41, 5.74) is 5.18. The number of hydrogen-bond donors (Lipinski definition) is 0. The second-order valence-electron chi connectivity index (χ2n) is 8.34. The lowest BCUT2D eigenvalue weighted by molar-refractivity contribution is -0.228. The molecule has 1 heterocycles. The van der Waals surface area contributed by atoms with E-state index in [0.29, 0.717) is 11.8 Å². The zero-order chi connectivity index (χ0) is 16.4. The van der Waals surface area contributed by atoms with E-state index in [9.17, 15) is 0 Å². The van der Waals surface area contributed by atoms with Crippen LogP contribution in [0, 0.1) is 17.3 Å². The summed E-state index contributed by atoms with van der Waals surface area (Å²) < 4.78 is 17.9. The number of fused-ring (bicyclic) bond motifs is 5. The van der Waals surface area contributed by atoms with Crippen molar-refractivity contribution in [1.82, 2.24) is 0 Å². The van der Waals surface area contributed by atoms with Crippen LogP contribution in [0.2, 0.25) is 0 Å². The van der Waals surface area contributed by atoms with Crippen LogP contribution in [-0.2, 0) is 14.2 Å². The van der Waals surface area contributed by atoms with E-state index in [1.54, 1.807) is 23.8 Å². The van der Waals surface area contributed by atoms with Crippen molar-refractivity contribution in [3.05, 3.63) is 34.6 Å². The first-order valence-corrected chi connectivity index (χ1v) is 9.58. The third kappa shape index (κ3) is 1.86. The summed E-state index contributed by atoms with van der Waals surface area (Å²) >= 11 is 0. The SMILES string of the molecule is COC1=CCC2=C(CC=C3[C@@H]2CC[C@@]2(C)[C@H]3CCC23OCCO3)C1. The molecule has 3 fully saturated rings. The maximum Gasteiger partial charge on any atom is 0.174 e. The molecule has 5 aliphatic rings. The summed E-state index contributed by atoms with van der Waals surface area (Å²) in [5, 5.41) is 0. The summed E-state index contributed by atoms with van der Waals surface area (Å²) in [5.74, 6) is 2.15. The zero-order valence-electron chi connectivity index (χ0n) is 14.9. The molecule has 0 aromatic carbocycles. The Kier molecular flexibility index (Phi) is 3.31. The molecule has 1 saturated heterocycles. The molecular weight excluding hydrogens is 300 g/mol. The van der Waals surface area contributed by atoms with E-state index in [1.165, 1.54) is 19.3 Å². The Morgan fingerprint density at radius 1 is 1.08 bits per heavy atom. The highest BCUT2D eigenvalue weighted by molar-refractivity contribution is 5.42. The molecule has 24 heavy (non-hydrogen) atoms. The molecule has 3 atom stereocenters. The van der Waals surface area contributed by atoms with Gasteiger partial charge in [-0.1, -0.05) is 29.7 Å². The van der Waals surface area contributed by atoms with Crippen molar-refractivity contribution in [3.8, 4) is 0 Å². The normalized spacial score (nSPS) is 39.9. The molecule has 0 radical (unpaired) electrons. The lowest BCUT2D eigenvalue weighted by Crippen LogP contribution is -2.49. The Labute approximate surface area is 144 Å². The summed E-state index contributed by atoms with van der Waals surface area (Å²) in [4.78, 5) is 0. The highest BCUT2D eigenvalue weighted by Crippen LogP contribution is 2.65. The molecule has 5 rings (SSSR count). The van der Waals surface area contributed by atoms with Crippen LogP contribution in [0.1, 0.15) is 51.9 Å². The van der Waals surface area contributed by atoms with Crippen LogP contribution in [0.4, 0.5) is 0 Å². The van der Waals surface area contributed by atoms with E-state index < -0.39 is 0 Å². The van der Waals surface area contributed by atoms with Gasteiger partial charge >= 0.3 is 0 Å². The Hall–Kier alpha value is -1.06. The fourth-order valence-corrected chi connectivity index (χ4v) is 6.30. The maximum atomic E-state index is 6.20. The zero-order valence-corrected chi connectivity index (χ0v) is 14.9. The van der Waals surface area contributed by atoms with Crippen molar-refractivity contribution < 1.29 is 14.2 Å². The van der Waals surface area contributed by atoms with Crippen molar-refractivity contribution in [3.63, 3.8) is 0 Å². The van der Waals surface area contributed by atoms with Gasteiger partial charge in [-0.2, -0.15) is 0 Å². The second kappa shape index (κ2) is 5.22. The van der Waals surface area contributed by atoms with Crippen LogP contribution in [-0.4, -0.2) is 26.1 Å². The summed E-state index contributed by atoms with van der Waals surface area (Å²) in [6.45, 7) is 3.97. The summed E-state index contributed by atoms with van der Waals surface area (Å²) in [6.07, 6.45) is 12.8. The molecule has 0 N–H and O–H groups in total. The van der Waals surface area contributed by atoms with Crippen LogP contribution in [0.3, 0.4) is 0 Å². The third-order valence-corrected chi connectivity index (χ3v) is 7.57. The molecule has 3 nitrogen and oxygen atoms in total. The monoisotopic (exact) mass is 328 g/mol. The van der Waals surface area contributed by atoms with E-state index in [2.05, 4.69) is 19.1 Å². The molecular formula is C21H28O3. The van der Waals surface area contributed by atoms with Gasteiger partial charge in [0.1, 0.15) is 0 Å². The van der Waals surface area contributed by atoms with Crippen molar-refractivity contribution in [2.45, 2.75) is 57.7 Å². The van der Waals surface area contributed by atoms with Gasteiger partial charge in [-0.25, -0.2) is 0 Å². The van der Waals surface area contributed by atoms with Gasteiger partial charge in [-0.15, -0.1) is 0 Å². The Morgan fingerprint density at radius 2 is 1.92 bits per heavy atom. The molecule has 0 aromatic heterocycles. The number of rotatable bonds is 1. The Bertz CT molecular complexity index is 650. The number of ether oxygens (including phenoxy) is 3. The van der Waals surface area contributed by atoms with Crippen molar-refractivity contribution in [2.24, 2.45) is 17.3 Å². The molecule has 4 aliphatic carbocycles. The second-order valence-corrected chi connectivity index (χ2v) is 8.34. The van der Waals surface area contributed by atoms with E-state index in [0.717, 1.165) is 44.7 Å². The highest BCUT2D eigenvalue weighted by atomic mass is 16.7. The van der Waals surface area contributed by atoms with Crippen LogP contribution in [0.25, 0.3) is 0 Å². The van der Waals surface area contributed by atoms with Crippen LogP contribution < -0.4 is 0 Å². The standard InChI is InChI=1S/C21H28O3/c1-20-9-7-17-16-6-4-15(22-2)13-14(16)3-5-18(17)19(20)8-10-21(20)23-11-12-24-21/h4-5,17,19H,3,6-13H2,1-2H3/t17-,19+,20+/m1/s1. The minimum Gasteiger partial charge on any atom is -0.501 e. The van der Waals surface area contributed by atoms with Gasteiger partial charge < -0.3 is 14.2 Å². The van der Waals surface area contributed by atoms with Crippen molar-refractivity contribution >= 4 is 0 Å². The highest BCUT2D eigenvalue weighted by Gasteiger charge is 2.63. The maximum absolute atomic E-state index is 6.20. The molecule has 0 bridgehead atoms. The van der Waals surface area contributed by atoms with Crippen molar-refractivity contribution in [1.29, 1.82) is 0 Å². The van der Waals surface area contributed by atoms with E-state index >= 15 is 0 Å². The van der Waals surface area contributed by atoms with Crippen molar-refractivity contribution in [2.75, 3.05) is 20.3 Å². The van der Waals surface area contributed by atoms with Gasteiger partial charge in [-0.3, -0.25) is 0 Å². The predicted molar refractivity (Wildman–Crippen MR) is 92.2 cm³/mol. The number of allylic oxidation sites excluding steroid dienone is 5. The number of hydrogen-bond acceptors (Lipinski definition) is 3. The lowest BCUT2D eigenvalue weighted by atomic mass is 9.58. The Balaban J connectivity index is 1.45. The lowest BCUT2D eigenvalue weighted by Gasteiger charge is -2.50. The molecule has 130 valence electrons. The molecule has 1 aliphatic heterocycles. The van der Waals surface area contributed by atoms with Crippen LogP contribution >= 0.6 is 0 Å². The van der Waals surface area contributed by atoms with E-state index in [1.807, 2.05) is 0 Å². The minimum atomic E-state index is -0.298. The molecule has 3 heteroatoms. The summed E-state index contributed by atoms with van der Waals surface area (Å²) in [7, 11) is 1.80. The largest absolute Gasteiger partial charge is 0.501 e. The first kappa shape index (κ1) is 15.2. The quantitative estimate of drug-likeness (QED) is 0.663. The van der Waals surface area contributed by atoms with Gasteiger partial charge in [0, 0.05) is 24.2 Å². The molecule has 0 unspecified atom stereocenters. The molecule has 0 aromatic rings. The van der Waals surface area contributed by atoms with E-state index in [4.69, 9.17) is 14.2 Å². The minimum absolute atomic E-state index is 0.159. The van der Waals surface area contributed by atoms with E-state index in [-0.39, 0.29) is 11.2 Å². The van der Waals surface area contributed by atoms with Crippen LogP contribution in [0.5, 0.6) is 0 Å². The Morgan fingerprint density at radius 3 is 2.71 bits per heavy atom. The molecule has 1 spiro atoms. The van der Waals surface area contributed by atoms with Gasteiger partial charge in [0.2, 0.25) is 0 Å². The smallest absolute Gasteiger partial charge is 0.174 e. The topological polar surface area (TPSA) is 27.7 Å². The van der Waals surface area contributed by atoms with Gasteiger partial charge in [0.25, 0.3) is 0 Å². The fourth-order valence-electron chi connectivity index (χ4n) is 6.30. The predicted octanol–water partition coefficient (Wildman–Crippen LogP) is 4.51. The summed E-state index contributed by atoms with van der Waals surface area (Å²) in [6, 6.07) is 0. The molecule has 0 amide bonds. The first-order valence-electron chi connectivity index (χ1n) is 9.58. The average Bonchev–Trinajstić information content (AvgIpc) is 3.21. The fraction of sp³-hybridized carbons (Fsp3) is 0.714. The van der Waals surface area contributed by atoms with Gasteiger partial charge in [0.05, 0.1) is 26.1 Å². The van der Waals surface area contributed by atoms with Crippen LogP contribution in [0.15, 0.2) is 34.6 Å². The average molecular weight is 328 g/mol. The third-order valence-electron chi connectivity index (χ3n) is 7.57. The van der Waals surface area contributed by atoms with Gasteiger partial charge in [0.15, 0.2) is 5.79 Å². The number of methoxy groups -OCH3 is 1. The first-order chi connectivity index (χ1) is 11.7.